The minimum Gasteiger partial charge on any atom is -0.478 e. The third kappa shape index (κ3) is 8.59. The highest BCUT2D eigenvalue weighted by molar-refractivity contribution is 6.14. The van der Waals surface area contributed by atoms with Gasteiger partial charge < -0.3 is 19.1 Å². The molecule has 0 bridgehead atoms. The van der Waals surface area contributed by atoms with Crippen LogP contribution >= 0.6 is 0 Å². The average molecular weight is 652 g/mol. The highest BCUT2D eigenvalue weighted by atomic mass is 16.6. The highest BCUT2D eigenvalue weighted by Gasteiger charge is 2.39. The molecule has 4 aromatic rings. The van der Waals surface area contributed by atoms with E-state index in [-0.39, 0.29) is 30.2 Å². The van der Waals surface area contributed by atoms with Gasteiger partial charge in [-0.05, 0) is 70.6 Å². The monoisotopic (exact) mass is 651 g/mol. The summed E-state index contributed by atoms with van der Waals surface area (Å²) in [4.78, 5) is 44.2. The molecule has 4 rings (SSSR count). The van der Waals surface area contributed by atoms with Crippen molar-refractivity contribution in [2.45, 2.75) is 71.6 Å². The van der Waals surface area contributed by atoms with Gasteiger partial charge in [0.25, 0.3) is 0 Å². The number of ether oxygens (including phenoxy) is 2. The molecule has 1 N–H and O–H groups in total. The topological polar surface area (TPSA) is 111 Å². The normalized spacial score (nSPS) is 13.0. The van der Waals surface area contributed by atoms with Gasteiger partial charge in [0.2, 0.25) is 0 Å². The molecule has 3 aromatic carbocycles. The van der Waals surface area contributed by atoms with Crippen LogP contribution < -0.4 is 0 Å². The largest absolute Gasteiger partial charge is 0.478 e. The lowest BCUT2D eigenvalue weighted by Crippen LogP contribution is -2.45. The summed E-state index contributed by atoms with van der Waals surface area (Å²) in [5.41, 5.74) is 0.699. The third-order valence-electron chi connectivity index (χ3n) is 7.50. The molecule has 0 aliphatic heterocycles. The summed E-state index contributed by atoms with van der Waals surface area (Å²) in [6.45, 7) is 12.1. The lowest BCUT2D eigenvalue weighted by molar-refractivity contribution is -0.130. The number of aliphatic carboxylic acids is 1. The Labute approximate surface area is 282 Å². The molecule has 9 heteroatoms. The summed E-state index contributed by atoms with van der Waals surface area (Å²) >= 11 is 0. The molecule has 1 heterocycles. The average Bonchev–Trinajstić information content (AvgIpc) is 3.50. The van der Waals surface area contributed by atoms with Crippen LogP contribution in [0.1, 0.15) is 77.3 Å². The van der Waals surface area contributed by atoms with Crippen LogP contribution in [0.15, 0.2) is 110 Å². The van der Waals surface area contributed by atoms with Crippen molar-refractivity contribution < 1.29 is 29.0 Å². The summed E-state index contributed by atoms with van der Waals surface area (Å²) in [5.74, 6) is -1.48. The number of aromatic nitrogens is 2. The first-order chi connectivity index (χ1) is 22.6. The zero-order valence-corrected chi connectivity index (χ0v) is 28.7. The smallest absolute Gasteiger partial charge is 0.419 e. The van der Waals surface area contributed by atoms with Gasteiger partial charge in [-0.25, -0.2) is 24.3 Å². The molecule has 0 saturated carbocycles. The highest BCUT2D eigenvalue weighted by Crippen LogP contribution is 2.41. The first-order valence-corrected chi connectivity index (χ1v) is 16.0. The Morgan fingerprint density at radius 2 is 1.19 bits per heavy atom. The number of nitrogens with zero attached hydrogens (tertiary/aromatic N) is 3. The maximum atomic E-state index is 13.0. The van der Waals surface area contributed by atoms with Crippen LogP contribution in [0.2, 0.25) is 0 Å². The van der Waals surface area contributed by atoms with Crippen molar-refractivity contribution in [1.29, 1.82) is 0 Å². The zero-order valence-electron chi connectivity index (χ0n) is 28.7. The molecule has 252 valence electrons. The van der Waals surface area contributed by atoms with E-state index < -0.39 is 34.9 Å². The Kier molecular flexibility index (Phi) is 10.9. The van der Waals surface area contributed by atoms with Crippen molar-refractivity contribution in [2.75, 3.05) is 6.54 Å². The summed E-state index contributed by atoms with van der Waals surface area (Å²) in [7, 11) is 0. The summed E-state index contributed by atoms with van der Waals surface area (Å²) in [6, 6.07) is 30.1. The van der Waals surface area contributed by atoms with Crippen LogP contribution in [0, 0.1) is 5.92 Å². The van der Waals surface area contributed by atoms with Gasteiger partial charge in [0, 0.05) is 12.7 Å². The molecular weight excluding hydrogens is 606 g/mol. The van der Waals surface area contributed by atoms with Gasteiger partial charge in [-0.2, -0.15) is 0 Å². The van der Waals surface area contributed by atoms with E-state index in [0.29, 0.717) is 0 Å². The number of carbonyl (C=O) groups is 3. The van der Waals surface area contributed by atoms with E-state index >= 15 is 0 Å². The van der Waals surface area contributed by atoms with Crippen LogP contribution in [-0.4, -0.2) is 55.5 Å². The Balaban J connectivity index is 1.72. The summed E-state index contributed by atoms with van der Waals surface area (Å²) < 4.78 is 12.9. The number of carboxylic acid groups (broad SMARTS) is 1. The lowest BCUT2D eigenvalue weighted by Gasteiger charge is -2.37. The number of carbonyl (C=O) groups excluding carboxylic acids is 2. The number of amides is 2. The van der Waals surface area contributed by atoms with E-state index in [2.05, 4.69) is 41.4 Å². The molecule has 1 aromatic heterocycles. The molecule has 1 atom stereocenters. The Hall–Kier alpha value is -5.18. The fraction of sp³-hybridized carbons (Fsp3) is 0.333. The van der Waals surface area contributed by atoms with Crippen LogP contribution in [0.4, 0.5) is 9.59 Å². The van der Waals surface area contributed by atoms with Crippen molar-refractivity contribution >= 4 is 23.7 Å². The van der Waals surface area contributed by atoms with Crippen LogP contribution in [0.3, 0.4) is 0 Å². The number of allylic oxidation sites excluding steroid dienone is 1. The minimum atomic E-state index is -1.15. The predicted molar refractivity (Wildman–Crippen MR) is 185 cm³/mol. The molecule has 9 nitrogen and oxygen atoms in total. The first kappa shape index (κ1) is 35.7. The van der Waals surface area contributed by atoms with Gasteiger partial charge in [0.1, 0.15) is 16.7 Å². The quantitative estimate of drug-likeness (QED) is 0.135. The van der Waals surface area contributed by atoms with Gasteiger partial charge in [0.05, 0.1) is 17.6 Å². The Morgan fingerprint density at radius 3 is 1.56 bits per heavy atom. The summed E-state index contributed by atoms with van der Waals surface area (Å²) in [6.07, 6.45) is 3.57. The van der Waals surface area contributed by atoms with Crippen molar-refractivity contribution in [2.24, 2.45) is 5.92 Å². The molecule has 0 aliphatic rings. The second-order valence-electron chi connectivity index (χ2n) is 13.8. The van der Waals surface area contributed by atoms with Crippen LogP contribution in [0.25, 0.3) is 5.57 Å². The Morgan fingerprint density at radius 1 is 0.771 bits per heavy atom. The van der Waals surface area contributed by atoms with E-state index in [1.807, 2.05) is 66.1 Å². The van der Waals surface area contributed by atoms with Gasteiger partial charge in [-0.15, -0.1) is 0 Å². The fourth-order valence-corrected chi connectivity index (χ4v) is 5.49. The van der Waals surface area contributed by atoms with Crippen molar-refractivity contribution in [1.82, 2.24) is 14.5 Å². The molecule has 0 fully saturated rings. The predicted octanol–water partition coefficient (Wildman–Crippen LogP) is 8.39. The third-order valence-corrected chi connectivity index (χ3v) is 7.50. The Bertz CT molecular complexity index is 1590. The van der Waals surface area contributed by atoms with E-state index in [0.717, 1.165) is 21.6 Å². The van der Waals surface area contributed by atoms with Gasteiger partial charge in [-0.1, -0.05) is 104 Å². The van der Waals surface area contributed by atoms with Crippen molar-refractivity contribution in [3.05, 3.63) is 132 Å². The number of rotatable bonds is 10. The second-order valence-corrected chi connectivity index (χ2v) is 13.8. The van der Waals surface area contributed by atoms with E-state index in [1.165, 1.54) is 0 Å². The fourth-order valence-electron chi connectivity index (χ4n) is 5.49. The number of carboxylic acids is 1. The first-order valence-electron chi connectivity index (χ1n) is 16.0. The number of imidazole rings is 1. The van der Waals surface area contributed by atoms with Gasteiger partial charge in [-0.3, -0.25) is 0 Å². The van der Waals surface area contributed by atoms with Crippen LogP contribution in [-0.2, 0) is 19.8 Å². The molecule has 48 heavy (non-hydrogen) atoms. The number of hydrogen-bond acceptors (Lipinski definition) is 6. The lowest BCUT2D eigenvalue weighted by atomic mass is 9.77. The van der Waals surface area contributed by atoms with Crippen molar-refractivity contribution in [3.63, 3.8) is 0 Å². The second kappa shape index (κ2) is 14.7. The standard InChI is InChI=1S/C39H45N3O6/c1-28(25-42(35(45)47-37(2,3)4)36(46)48-38(5,6)7)23-24-32(34(43)44)33-26-41(27-40-33)39(29-17-11-8-12-18-29,30-19-13-9-14-20-30)31-21-15-10-16-22-31/h8-22,24,26-28H,23,25H2,1-7H3,(H,43,44)/b32-24-. The molecule has 0 saturated heterocycles. The number of hydrogen-bond donors (Lipinski definition) is 1. The molecule has 0 spiro atoms. The molecule has 0 radical (unpaired) electrons. The zero-order chi connectivity index (χ0) is 35.1. The van der Waals surface area contributed by atoms with E-state index in [1.54, 1.807) is 60.1 Å². The summed E-state index contributed by atoms with van der Waals surface area (Å²) in [5, 5.41) is 10.3. The van der Waals surface area contributed by atoms with Gasteiger partial charge >= 0.3 is 18.2 Å². The van der Waals surface area contributed by atoms with Crippen molar-refractivity contribution in [3.8, 4) is 0 Å². The molecule has 0 aliphatic carbocycles. The molecular formula is C39H45N3O6. The SMILES string of the molecule is CC(C/C=C(\C(=O)O)c1cn(C(c2ccccc2)(c2ccccc2)c2ccccc2)cn1)CN(C(=O)OC(C)(C)C)C(=O)OC(C)(C)C. The maximum Gasteiger partial charge on any atom is 0.419 e. The number of benzene rings is 3. The maximum absolute atomic E-state index is 13.0. The minimum absolute atomic E-state index is 0.00442. The van der Waals surface area contributed by atoms with Crippen LogP contribution in [0.5, 0.6) is 0 Å². The molecule has 2 amide bonds. The molecule has 1 unspecified atom stereocenters. The number of imide groups is 1. The van der Waals surface area contributed by atoms with E-state index in [4.69, 9.17) is 9.47 Å². The van der Waals surface area contributed by atoms with E-state index in [9.17, 15) is 19.5 Å². The van der Waals surface area contributed by atoms with Gasteiger partial charge in [0.15, 0.2) is 0 Å².